The fourth-order valence-corrected chi connectivity index (χ4v) is 5.54. The van der Waals surface area contributed by atoms with Crippen molar-refractivity contribution in [1.29, 1.82) is 0 Å². The van der Waals surface area contributed by atoms with E-state index < -0.39 is 15.8 Å². The van der Waals surface area contributed by atoms with Crippen LogP contribution in [0.25, 0.3) is 0 Å². The Bertz CT molecular complexity index is 673. The zero-order chi connectivity index (χ0) is 17.2. The van der Waals surface area contributed by atoms with Crippen LogP contribution in [0.3, 0.4) is 0 Å². The summed E-state index contributed by atoms with van der Waals surface area (Å²) >= 11 is 0. The molecule has 0 aromatic heterocycles. The Morgan fingerprint density at radius 1 is 1.38 bits per heavy atom. The second kappa shape index (κ2) is 7.07. The summed E-state index contributed by atoms with van der Waals surface area (Å²) in [7, 11) is -1.84. The molecule has 1 aromatic rings. The van der Waals surface area contributed by atoms with E-state index in [4.69, 9.17) is 9.47 Å². The lowest BCUT2D eigenvalue weighted by Crippen LogP contribution is -2.39. The molecule has 1 unspecified atom stereocenters. The van der Waals surface area contributed by atoms with Gasteiger partial charge in [0.15, 0.2) is 0 Å². The smallest absolute Gasteiger partial charge is 0.218 e. The van der Waals surface area contributed by atoms with Gasteiger partial charge in [-0.1, -0.05) is 12.1 Å². The summed E-state index contributed by atoms with van der Waals surface area (Å²) in [4.78, 5) is 0. The Hall–Kier alpha value is -1.02. The van der Waals surface area contributed by atoms with Crippen LogP contribution >= 0.6 is 0 Å². The molecule has 1 spiro atoms. The summed E-state index contributed by atoms with van der Waals surface area (Å²) in [5.74, 6) is -0.409. The molecule has 0 aliphatic carbocycles. The highest BCUT2D eigenvalue weighted by Gasteiger charge is 2.50. The third-order valence-electron chi connectivity index (χ3n) is 5.27. The fraction of sp³-hybridized carbons (Fsp3) is 0.647. The first-order valence-corrected chi connectivity index (χ1v) is 9.85. The number of benzene rings is 1. The van der Waals surface area contributed by atoms with Crippen LogP contribution < -0.4 is 0 Å². The highest BCUT2D eigenvalue weighted by atomic mass is 32.2. The van der Waals surface area contributed by atoms with Gasteiger partial charge in [0.25, 0.3) is 0 Å². The van der Waals surface area contributed by atoms with Gasteiger partial charge in [-0.2, -0.15) is 0 Å². The van der Waals surface area contributed by atoms with Crippen molar-refractivity contribution in [3.8, 4) is 0 Å². The Labute approximate surface area is 142 Å². The van der Waals surface area contributed by atoms with Gasteiger partial charge in [-0.3, -0.25) is 0 Å². The first kappa shape index (κ1) is 17.8. The van der Waals surface area contributed by atoms with Crippen molar-refractivity contribution in [2.24, 2.45) is 11.3 Å². The molecule has 1 atom stereocenters. The molecular formula is C17H24FNO4S. The minimum Gasteiger partial charge on any atom is -0.384 e. The van der Waals surface area contributed by atoms with E-state index in [9.17, 15) is 12.8 Å². The Morgan fingerprint density at radius 3 is 2.79 bits per heavy atom. The van der Waals surface area contributed by atoms with Crippen LogP contribution in [-0.2, 0) is 25.2 Å². The summed E-state index contributed by atoms with van der Waals surface area (Å²) in [6, 6.07) is 5.79. The van der Waals surface area contributed by atoms with Crippen LogP contribution in [-0.4, -0.2) is 52.7 Å². The molecule has 3 rings (SSSR count). The van der Waals surface area contributed by atoms with E-state index in [1.165, 1.54) is 18.2 Å². The zero-order valence-corrected chi connectivity index (χ0v) is 14.7. The van der Waals surface area contributed by atoms with E-state index in [0.717, 1.165) is 12.8 Å². The van der Waals surface area contributed by atoms with Crippen LogP contribution in [0.4, 0.5) is 4.39 Å². The Morgan fingerprint density at radius 2 is 2.12 bits per heavy atom. The van der Waals surface area contributed by atoms with Gasteiger partial charge in [0, 0.05) is 39.3 Å². The molecule has 2 heterocycles. The highest BCUT2D eigenvalue weighted by molar-refractivity contribution is 7.88. The van der Waals surface area contributed by atoms with Gasteiger partial charge >= 0.3 is 0 Å². The second-order valence-electron chi connectivity index (χ2n) is 6.81. The Balaban J connectivity index is 1.78. The normalized spacial score (nSPS) is 24.5. The van der Waals surface area contributed by atoms with Crippen molar-refractivity contribution in [2.45, 2.75) is 18.6 Å². The minimum absolute atomic E-state index is 0.0662. The van der Waals surface area contributed by atoms with Gasteiger partial charge in [-0.05, 0) is 36.0 Å². The molecule has 5 nitrogen and oxygen atoms in total. The van der Waals surface area contributed by atoms with Crippen LogP contribution in [0.1, 0.15) is 18.4 Å². The van der Waals surface area contributed by atoms with E-state index in [0.29, 0.717) is 38.5 Å². The number of rotatable bonds is 5. The lowest BCUT2D eigenvalue weighted by molar-refractivity contribution is -0.0162. The maximum Gasteiger partial charge on any atom is 0.218 e. The molecule has 2 fully saturated rings. The van der Waals surface area contributed by atoms with Gasteiger partial charge in [-0.25, -0.2) is 17.1 Å². The van der Waals surface area contributed by atoms with Gasteiger partial charge in [0.2, 0.25) is 10.0 Å². The molecule has 0 amide bonds. The average Bonchev–Trinajstić information content (AvgIpc) is 2.87. The van der Waals surface area contributed by atoms with E-state index in [1.54, 1.807) is 17.5 Å². The van der Waals surface area contributed by atoms with Crippen molar-refractivity contribution in [3.63, 3.8) is 0 Å². The molecule has 0 saturated carbocycles. The van der Waals surface area contributed by atoms with Crippen LogP contribution in [0.5, 0.6) is 0 Å². The van der Waals surface area contributed by atoms with Crippen molar-refractivity contribution >= 4 is 10.0 Å². The van der Waals surface area contributed by atoms with Crippen molar-refractivity contribution < 1.29 is 22.3 Å². The third-order valence-corrected chi connectivity index (χ3v) is 7.03. The van der Waals surface area contributed by atoms with Crippen molar-refractivity contribution in [2.75, 3.05) is 40.0 Å². The molecule has 2 saturated heterocycles. The minimum atomic E-state index is -3.49. The van der Waals surface area contributed by atoms with E-state index in [1.807, 2.05) is 0 Å². The van der Waals surface area contributed by atoms with E-state index >= 15 is 0 Å². The number of nitrogens with zero attached hydrogens (tertiary/aromatic N) is 1. The summed E-state index contributed by atoms with van der Waals surface area (Å²) in [5.41, 5.74) is 0.412. The average molecular weight is 357 g/mol. The molecule has 134 valence electrons. The summed E-state index contributed by atoms with van der Waals surface area (Å²) in [5, 5.41) is 0. The number of hydrogen-bond acceptors (Lipinski definition) is 4. The fourth-order valence-electron chi connectivity index (χ4n) is 3.90. The zero-order valence-electron chi connectivity index (χ0n) is 13.9. The molecule has 2 aliphatic heterocycles. The summed E-state index contributed by atoms with van der Waals surface area (Å²) in [6.45, 7) is 2.84. The molecule has 0 bridgehead atoms. The third kappa shape index (κ3) is 3.64. The van der Waals surface area contributed by atoms with Gasteiger partial charge in [0.1, 0.15) is 5.82 Å². The van der Waals surface area contributed by atoms with Gasteiger partial charge < -0.3 is 9.47 Å². The van der Waals surface area contributed by atoms with Crippen molar-refractivity contribution in [1.82, 2.24) is 4.31 Å². The Kier molecular flexibility index (Phi) is 5.24. The predicted molar refractivity (Wildman–Crippen MR) is 88.4 cm³/mol. The predicted octanol–water partition coefficient (Wildman–Crippen LogP) is 2.03. The molecular weight excluding hydrogens is 333 g/mol. The molecule has 0 radical (unpaired) electrons. The molecule has 7 heteroatoms. The largest absolute Gasteiger partial charge is 0.384 e. The van der Waals surface area contributed by atoms with E-state index in [2.05, 4.69) is 0 Å². The molecule has 0 N–H and O–H groups in total. The first-order chi connectivity index (χ1) is 11.5. The monoisotopic (exact) mass is 357 g/mol. The number of hydrogen-bond donors (Lipinski definition) is 0. The van der Waals surface area contributed by atoms with Crippen molar-refractivity contribution in [3.05, 3.63) is 35.6 Å². The second-order valence-corrected chi connectivity index (χ2v) is 8.77. The maximum absolute atomic E-state index is 13.3. The van der Waals surface area contributed by atoms with E-state index in [-0.39, 0.29) is 17.1 Å². The summed E-state index contributed by atoms with van der Waals surface area (Å²) in [6.07, 6.45) is 1.71. The summed E-state index contributed by atoms with van der Waals surface area (Å²) < 4.78 is 51.3. The highest BCUT2D eigenvalue weighted by Crippen LogP contribution is 2.45. The lowest BCUT2D eigenvalue weighted by Gasteiger charge is -2.37. The van der Waals surface area contributed by atoms with Gasteiger partial charge in [-0.15, -0.1) is 0 Å². The molecule has 2 aliphatic rings. The van der Waals surface area contributed by atoms with Gasteiger partial charge in [0.05, 0.1) is 12.4 Å². The number of halogens is 1. The molecule has 24 heavy (non-hydrogen) atoms. The van der Waals surface area contributed by atoms with Crippen LogP contribution in [0, 0.1) is 17.2 Å². The SMILES string of the molecule is COCC1CN(S(=O)(=O)Cc2cccc(F)c2)CC12CCOCC2. The first-order valence-electron chi connectivity index (χ1n) is 8.24. The molecule has 1 aromatic carbocycles. The maximum atomic E-state index is 13.3. The topological polar surface area (TPSA) is 55.8 Å². The lowest BCUT2D eigenvalue weighted by atomic mass is 9.72. The number of methoxy groups -OCH3 is 1. The standard InChI is InChI=1S/C17H24FNO4S/c1-22-11-15-10-19(13-17(15)5-7-23-8-6-17)24(20,21)12-14-3-2-4-16(18)9-14/h2-4,9,15H,5-8,10-13H2,1H3. The van der Waals surface area contributed by atoms with Crippen LogP contribution in [0.15, 0.2) is 24.3 Å². The quantitative estimate of drug-likeness (QED) is 0.809. The number of sulfonamides is 1. The van der Waals surface area contributed by atoms with Crippen LogP contribution in [0.2, 0.25) is 0 Å². The number of ether oxygens (including phenoxy) is 2.